The van der Waals surface area contributed by atoms with Crippen LogP contribution < -0.4 is 0 Å². The lowest BCUT2D eigenvalue weighted by molar-refractivity contribution is 0.0978. The van der Waals surface area contributed by atoms with Gasteiger partial charge in [0.15, 0.2) is 5.78 Å². The molecule has 84 valence electrons. The van der Waals surface area contributed by atoms with Crippen LogP contribution in [0, 0.1) is 0 Å². The average molecular weight is 218 g/mol. The van der Waals surface area contributed by atoms with Crippen molar-refractivity contribution in [1.29, 1.82) is 0 Å². The lowest BCUT2D eigenvalue weighted by atomic mass is 10.1. The number of carbonyl (C=O) groups excluding carboxylic acids is 1. The van der Waals surface area contributed by atoms with Crippen LogP contribution in [-0.2, 0) is 19.9 Å². The largest absolute Gasteiger partial charge is 0.469 e. The molecule has 0 N–H and O–H groups in total. The van der Waals surface area contributed by atoms with Gasteiger partial charge in [-0.05, 0) is 24.6 Å². The highest BCUT2D eigenvalue weighted by atomic mass is 16.3. The average Bonchev–Trinajstić information content (AvgIpc) is 2.87. The third-order valence-corrected chi connectivity index (χ3v) is 2.49. The smallest absolute Gasteiger partial charge is 0.188 e. The van der Waals surface area contributed by atoms with E-state index in [2.05, 4.69) is 5.10 Å². The summed E-state index contributed by atoms with van der Waals surface area (Å²) in [5, 5.41) is 4.24. The van der Waals surface area contributed by atoms with Crippen molar-refractivity contribution < 1.29 is 9.21 Å². The van der Waals surface area contributed by atoms with Crippen LogP contribution in [-0.4, -0.2) is 15.6 Å². The summed E-state index contributed by atoms with van der Waals surface area (Å²) in [5.41, 5.74) is 1.57. The van der Waals surface area contributed by atoms with Crippen LogP contribution in [0.5, 0.6) is 0 Å². The van der Waals surface area contributed by atoms with E-state index in [0.29, 0.717) is 11.5 Å². The Morgan fingerprint density at radius 1 is 1.56 bits per heavy atom. The fourth-order valence-electron chi connectivity index (χ4n) is 1.62. The zero-order valence-electron chi connectivity index (χ0n) is 9.43. The van der Waals surface area contributed by atoms with Crippen LogP contribution in [0.25, 0.3) is 0 Å². The Balaban J connectivity index is 2.17. The summed E-state index contributed by atoms with van der Waals surface area (Å²) in [6, 6.07) is 5.42. The first kappa shape index (κ1) is 10.7. The Labute approximate surface area is 93.9 Å². The minimum Gasteiger partial charge on any atom is -0.469 e. The van der Waals surface area contributed by atoms with Crippen molar-refractivity contribution in [2.45, 2.75) is 19.8 Å². The minimum absolute atomic E-state index is 0.0321. The van der Waals surface area contributed by atoms with Crippen molar-refractivity contribution in [3.63, 3.8) is 0 Å². The third-order valence-electron chi connectivity index (χ3n) is 2.49. The molecule has 0 spiro atoms. The van der Waals surface area contributed by atoms with Gasteiger partial charge in [-0.15, -0.1) is 0 Å². The maximum absolute atomic E-state index is 11.9. The summed E-state index contributed by atoms with van der Waals surface area (Å²) < 4.78 is 6.78. The van der Waals surface area contributed by atoms with Gasteiger partial charge in [0, 0.05) is 7.05 Å². The van der Waals surface area contributed by atoms with Crippen molar-refractivity contribution >= 4 is 5.78 Å². The molecule has 0 aliphatic heterocycles. The number of aryl methyl sites for hydroxylation is 2. The maximum atomic E-state index is 11.9. The number of rotatable bonds is 4. The Hall–Kier alpha value is -1.84. The molecule has 0 bridgehead atoms. The highest BCUT2D eigenvalue weighted by molar-refractivity contribution is 5.95. The molecular formula is C12H14N2O2. The lowest BCUT2D eigenvalue weighted by Crippen LogP contribution is -2.09. The van der Waals surface area contributed by atoms with Gasteiger partial charge in [0.1, 0.15) is 11.5 Å². The number of Topliss-reactive ketones (excluding diaryl/α,β-unsaturated/α-hetero) is 1. The van der Waals surface area contributed by atoms with Gasteiger partial charge < -0.3 is 4.42 Å². The zero-order chi connectivity index (χ0) is 11.5. The molecule has 2 aromatic heterocycles. The van der Waals surface area contributed by atoms with Gasteiger partial charge in [0.05, 0.1) is 18.4 Å². The summed E-state index contributed by atoms with van der Waals surface area (Å²) in [5.74, 6) is 0.717. The second kappa shape index (κ2) is 4.35. The molecule has 0 unspecified atom stereocenters. The quantitative estimate of drug-likeness (QED) is 0.737. The molecule has 0 radical (unpaired) electrons. The molecule has 0 saturated carbocycles. The van der Waals surface area contributed by atoms with Crippen LogP contribution in [0.4, 0.5) is 0 Å². The minimum atomic E-state index is 0.0321. The van der Waals surface area contributed by atoms with Gasteiger partial charge in [-0.1, -0.05) is 6.92 Å². The van der Waals surface area contributed by atoms with E-state index in [-0.39, 0.29) is 12.2 Å². The number of nitrogens with zero attached hydrogens (tertiary/aromatic N) is 2. The van der Waals surface area contributed by atoms with Gasteiger partial charge in [-0.25, -0.2) is 0 Å². The predicted octanol–water partition coefficient (Wildman–Crippen LogP) is 2.00. The second-order valence-corrected chi connectivity index (χ2v) is 3.68. The second-order valence-electron chi connectivity index (χ2n) is 3.68. The summed E-state index contributed by atoms with van der Waals surface area (Å²) in [6.45, 7) is 2.02. The van der Waals surface area contributed by atoms with Crippen molar-refractivity contribution in [2.75, 3.05) is 0 Å². The number of hydrogen-bond acceptors (Lipinski definition) is 3. The Morgan fingerprint density at radius 3 is 2.94 bits per heavy atom. The van der Waals surface area contributed by atoms with E-state index in [1.165, 1.54) is 0 Å². The first-order valence-electron chi connectivity index (χ1n) is 5.29. The van der Waals surface area contributed by atoms with Crippen LogP contribution in [0.3, 0.4) is 0 Å². The molecule has 0 aromatic carbocycles. The molecule has 2 rings (SSSR count). The maximum Gasteiger partial charge on any atom is 0.188 e. The molecule has 0 aliphatic carbocycles. The van der Waals surface area contributed by atoms with Crippen LogP contribution in [0.15, 0.2) is 28.9 Å². The number of carbonyl (C=O) groups is 1. The fraction of sp³-hybridized carbons (Fsp3) is 0.333. The van der Waals surface area contributed by atoms with E-state index in [1.807, 2.05) is 13.0 Å². The molecule has 16 heavy (non-hydrogen) atoms. The topological polar surface area (TPSA) is 48.0 Å². The lowest BCUT2D eigenvalue weighted by Gasteiger charge is -1.98. The summed E-state index contributed by atoms with van der Waals surface area (Å²) in [6.07, 6.45) is 2.70. The van der Waals surface area contributed by atoms with E-state index < -0.39 is 0 Å². The fourth-order valence-corrected chi connectivity index (χ4v) is 1.62. The van der Waals surface area contributed by atoms with E-state index in [4.69, 9.17) is 4.42 Å². The van der Waals surface area contributed by atoms with Crippen LogP contribution in [0.2, 0.25) is 0 Å². The zero-order valence-corrected chi connectivity index (χ0v) is 9.43. The Bertz CT molecular complexity index is 483. The highest BCUT2D eigenvalue weighted by Gasteiger charge is 2.14. The molecular weight excluding hydrogens is 204 g/mol. The van der Waals surface area contributed by atoms with Gasteiger partial charge in [0.25, 0.3) is 0 Å². The van der Waals surface area contributed by atoms with E-state index in [0.717, 1.165) is 12.1 Å². The summed E-state index contributed by atoms with van der Waals surface area (Å²) in [7, 11) is 1.79. The first-order valence-corrected chi connectivity index (χ1v) is 5.29. The Kier molecular flexibility index (Phi) is 2.90. The molecule has 4 nitrogen and oxygen atoms in total. The van der Waals surface area contributed by atoms with Gasteiger partial charge in [-0.3, -0.25) is 9.48 Å². The van der Waals surface area contributed by atoms with Gasteiger partial charge in [-0.2, -0.15) is 5.10 Å². The number of ketones is 1. The molecule has 0 amide bonds. The van der Waals surface area contributed by atoms with Gasteiger partial charge >= 0.3 is 0 Å². The van der Waals surface area contributed by atoms with Crippen molar-refractivity contribution in [1.82, 2.24) is 9.78 Å². The summed E-state index contributed by atoms with van der Waals surface area (Å²) in [4.78, 5) is 11.9. The van der Waals surface area contributed by atoms with Gasteiger partial charge in [0.2, 0.25) is 0 Å². The van der Waals surface area contributed by atoms with Crippen molar-refractivity contribution in [3.8, 4) is 0 Å². The summed E-state index contributed by atoms with van der Waals surface area (Å²) >= 11 is 0. The number of furan rings is 1. The van der Waals surface area contributed by atoms with E-state index in [9.17, 15) is 4.79 Å². The highest BCUT2D eigenvalue weighted by Crippen LogP contribution is 2.09. The molecule has 0 saturated heterocycles. The molecule has 4 heteroatoms. The van der Waals surface area contributed by atoms with Crippen molar-refractivity contribution in [3.05, 3.63) is 41.6 Å². The SMILES string of the molecule is CCc1cc(C(=O)Cc2ccco2)n(C)n1. The van der Waals surface area contributed by atoms with Crippen LogP contribution in [0.1, 0.15) is 28.9 Å². The standard InChI is InChI=1S/C12H14N2O2/c1-3-9-7-11(14(2)13-9)12(15)8-10-5-4-6-16-10/h4-7H,3,8H2,1-2H3. The predicted molar refractivity (Wildman–Crippen MR) is 59.3 cm³/mol. The molecule has 0 aliphatic rings. The van der Waals surface area contributed by atoms with Crippen molar-refractivity contribution in [2.24, 2.45) is 7.05 Å². The molecule has 0 atom stereocenters. The monoisotopic (exact) mass is 218 g/mol. The third kappa shape index (κ3) is 2.05. The van der Waals surface area contributed by atoms with E-state index in [1.54, 1.807) is 30.1 Å². The first-order chi connectivity index (χ1) is 7.70. The normalized spacial score (nSPS) is 10.6. The number of hydrogen-bond donors (Lipinski definition) is 0. The van der Waals surface area contributed by atoms with Crippen LogP contribution >= 0.6 is 0 Å². The molecule has 2 heterocycles. The van der Waals surface area contributed by atoms with E-state index >= 15 is 0 Å². The number of aromatic nitrogens is 2. The molecule has 2 aromatic rings. The Morgan fingerprint density at radius 2 is 2.38 bits per heavy atom. The molecule has 0 fully saturated rings.